The second-order valence-electron chi connectivity index (χ2n) is 4.86. The second-order valence-corrected chi connectivity index (χ2v) is 5.87. The van der Waals surface area contributed by atoms with Crippen LogP contribution in [-0.4, -0.2) is 19.9 Å². The Balaban J connectivity index is 1.90. The first-order valence-electron chi connectivity index (χ1n) is 6.37. The number of hydrogen-bond donors (Lipinski definition) is 2. The van der Waals surface area contributed by atoms with E-state index in [2.05, 4.69) is 33.8 Å². The molecule has 0 atom stereocenters. The van der Waals surface area contributed by atoms with Gasteiger partial charge < -0.3 is 10.7 Å². The van der Waals surface area contributed by atoms with Crippen LogP contribution < -0.4 is 5.73 Å². The number of hydrogen-bond acceptors (Lipinski definition) is 5. The van der Waals surface area contributed by atoms with Crippen LogP contribution >= 0.6 is 11.8 Å². The summed E-state index contributed by atoms with van der Waals surface area (Å²) in [5.41, 5.74) is 9.36. The molecule has 0 aliphatic rings. The lowest BCUT2D eigenvalue weighted by molar-refractivity contribution is 0.799. The van der Waals surface area contributed by atoms with E-state index in [1.807, 2.05) is 24.3 Å². The molecule has 102 valence electrons. The Kier molecular flexibility index (Phi) is 3.31. The van der Waals surface area contributed by atoms with Crippen LogP contribution in [-0.2, 0) is 0 Å². The number of aromatic nitrogens is 4. The van der Waals surface area contributed by atoms with Crippen molar-refractivity contribution in [3.8, 4) is 0 Å². The average molecular weight is 285 g/mol. The number of nitrogens with zero attached hydrogens (tertiary/aromatic N) is 3. The number of fused-ring (bicyclic) bond motifs is 1. The molecule has 0 saturated carbocycles. The molecule has 0 unspecified atom stereocenters. The summed E-state index contributed by atoms with van der Waals surface area (Å²) >= 11 is 1.49. The summed E-state index contributed by atoms with van der Waals surface area (Å²) in [6, 6.07) is 7.63. The molecule has 0 spiro atoms. The Morgan fingerprint density at radius 3 is 2.85 bits per heavy atom. The monoisotopic (exact) mass is 285 g/mol. The normalized spacial score (nSPS) is 11.3. The summed E-state index contributed by atoms with van der Waals surface area (Å²) in [7, 11) is 0. The molecule has 3 N–H and O–H groups in total. The van der Waals surface area contributed by atoms with Crippen LogP contribution in [0.4, 0.5) is 5.69 Å². The van der Waals surface area contributed by atoms with E-state index in [1.165, 1.54) is 11.8 Å². The van der Waals surface area contributed by atoms with E-state index >= 15 is 0 Å². The zero-order chi connectivity index (χ0) is 14.1. The Labute approximate surface area is 121 Å². The standard InChI is InChI=1S/C14H15N5S/c1-8(2)11-6-13(17-7-16-11)20-14-18-10-4-3-9(15)5-12(10)19-14/h3-8H,15H2,1-2H3,(H,18,19). The Morgan fingerprint density at radius 2 is 2.05 bits per heavy atom. The van der Waals surface area contributed by atoms with Crippen LogP contribution in [0.3, 0.4) is 0 Å². The van der Waals surface area contributed by atoms with Crippen molar-refractivity contribution in [2.75, 3.05) is 5.73 Å². The Hall–Kier alpha value is -2.08. The van der Waals surface area contributed by atoms with E-state index in [0.717, 1.165) is 32.6 Å². The molecular formula is C14H15N5S. The lowest BCUT2D eigenvalue weighted by Crippen LogP contribution is -1.94. The summed E-state index contributed by atoms with van der Waals surface area (Å²) in [5.74, 6) is 0.382. The molecule has 0 aliphatic carbocycles. The highest BCUT2D eigenvalue weighted by atomic mass is 32.2. The number of benzene rings is 1. The van der Waals surface area contributed by atoms with Gasteiger partial charge in [0.05, 0.1) is 11.0 Å². The first-order valence-corrected chi connectivity index (χ1v) is 7.18. The van der Waals surface area contributed by atoms with Crippen LogP contribution in [0, 0.1) is 0 Å². The molecule has 3 aromatic rings. The molecule has 1 aromatic carbocycles. The van der Waals surface area contributed by atoms with Gasteiger partial charge in [0.1, 0.15) is 11.4 Å². The predicted octanol–water partition coefficient (Wildman–Crippen LogP) is 3.21. The number of rotatable bonds is 3. The molecule has 2 heterocycles. The third-order valence-electron chi connectivity index (χ3n) is 2.94. The minimum absolute atomic E-state index is 0.382. The minimum Gasteiger partial charge on any atom is -0.399 e. The topological polar surface area (TPSA) is 80.5 Å². The van der Waals surface area contributed by atoms with E-state index in [0.29, 0.717) is 5.92 Å². The highest BCUT2D eigenvalue weighted by molar-refractivity contribution is 7.99. The minimum atomic E-state index is 0.382. The molecular weight excluding hydrogens is 270 g/mol. The fourth-order valence-corrected chi connectivity index (χ4v) is 2.66. The van der Waals surface area contributed by atoms with Crippen LogP contribution in [0.5, 0.6) is 0 Å². The summed E-state index contributed by atoms with van der Waals surface area (Å²) in [5, 5.41) is 1.69. The molecule has 0 bridgehead atoms. The van der Waals surface area contributed by atoms with Gasteiger partial charge >= 0.3 is 0 Å². The smallest absolute Gasteiger partial charge is 0.172 e. The fraction of sp³-hybridized carbons (Fsp3) is 0.214. The zero-order valence-corrected chi connectivity index (χ0v) is 12.1. The van der Waals surface area contributed by atoms with Gasteiger partial charge in [-0.15, -0.1) is 0 Å². The third-order valence-corrected chi connectivity index (χ3v) is 3.76. The number of nitrogens with one attached hydrogen (secondary N) is 1. The molecule has 0 radical (unpaired) electrons. The molecule has 2 aromatic heterocycles. The number of imidazole rings is 1. The first kappa shape index (κ1) is 12.9. The summed E-state index contributed by atoms with van der Waals surface area (Å²) in [4.78, 5) is 16.3. The van der Waals surface area contributed by atoms with Gasteiger partial charge in [0.2, 0.25) is 0 Å². The van der Waals surface area contributed by atoms with Crippen molar-refractivity contribution in [2.45, 2.75) is 29.9 Å². The third kappa shape index (κ3) is 2.60. The van der Waals surface area contributed by atoms with Crippen molar-refractivity contribution in [1.29, 1.82) is 0 Å². The number of nitrogens with two attached hydrogens (primary N) is 1. The van der Waals surface area contributed by atoms with Crippen molar-refractivity contribution in [3.05, 3.63) is 36.3 Å². The maximum absolute atomic E-state index is 5.76. The van der Waals surface area contributed by atoms with E-state index in [9.17, 15) is 0 Å². The molecule has 0 fully saturated rings. The van der Waals surface area contributed by atoms with Crippen molar-refractivity contribution in [3.63, 3.8) is 0 Å². The van der Waals surface area contributed by atoms with Crippen molar-refractivity contribution >= 4 is 28.5 Å². The average Bonchev–Trinajstić information content (AvgIpc) is 2.80. The van der Waals surface area contributed by atoms with Gasteiger partial charge in [-0.1, -0.05) is 13.8 Å². The van der Waals surface area contributed by atoms with E-state index in [4.69, 9.17) is 5.73 Å². The molecule has 0 aliphatic heterocycles. The predicted molar refractivity (Wildman–Crippen MR) is 80.8 cm³/mol. The lowest BCUT2D eigenvalue weighted by atomic mass is 10.1. The van der Waals surface area contributed by atoms with Gasteiger partial charge in [0.25, 0.3) is 0 Å². The van der Waals surface area contributed by atoms with E-state index < -0.39 is 0 Å². The fourth-order valence-electron chi connectivity index (χ4n) is 1.88. The summed E-state index contributed by atoms with van der Waals surface area (Å²) in [6.45, 7) is 4.22. The number of H-pyrrole nitrogens is 1. The maximum Gasteiger partial charge on any atom is 0.172 e. The van der Waals surface area contributed by atoms with Gasteiger partial charge in [-0.25, -0.2) is 15.0 Å². The molecule has 0 saturated heterocycles. The van der Waals surface area contributed by atoms with Crippen molar-refractivity contribution in [1.82, 2.24) is 19.9 Å². The van der Waals surface area contributed by atoms with Crippen LogP contribution in [0.2, 0.25) is 0 Å². The first-order chi connectivity index (χ1) is 9.61. The molecule has 20 heavy (non-hydrogen) atoms. The molecule has 3 rings (SSSR count). The van der Waals surface area contributed by atoms with Gasteiger partial charge in [0, 0.05) is 11.4 Å². The van der Waals surface area contributed by atoms with Gasteiger partial charge in [-0.3, -0.25) is 0 Å². The largest absolute Gasteiger partial charge is 0.399 e. The highest BCUT2D eigenvalue weighted by Gasteiger charge is 2.08. The quantitative estimate of drug-likeness (QED) is 0.570. The zero-order valence-electron chi connectivity index (χ0n) is 11.3. The van der Waals surface area contributed by atoms with E-state index in [-0.39, 0.29) is 0 Å². The van der Waals surface area contributed by atoms with Gasteiger partial charge in [-0.05, 0) is 41.9 Å². The number of aromatic amines is 1. The van der Waals surface area contributed by atoms with Crippen LogP contribution in [0.15, 0.2) is 40.8 Å². The number of nitrogen functional groups attached to an aromatic ring is 1. The van der Waals surface area contributed by atoms with Crippen molar-refractivity contribution < 1.29 is 0 Å². The maximum atomic E-state index is 5.76. The molecule has 0 amide bonds. The van der Waals surface area contributed by atoms with E-state index in [1.54, 1.807) is 6.33 Å². The summed E-state index contributed by atoms with van der Waals surface area (Å²) < 4.78 is 0. The SMILES string of the molecule is CC(C)c1cc(Sc2nc3ccc(N)cc3[nH]2)ncn1. The van der Waals surface area contributed by atoms with Crippen LogP contribution in [0.1, 0.15) is 25.5 Å². The van der Waals surface area contributed by atoms with Crippen LogP contribution in [0.25, 0.3) is 11.0 Å². The van der Waals surface area contributed by atoms with Gasteiger partial charge in [0.15, 0.2) is 5.16 Å². The summed E-state index contributed by atoms with van der Waals surface area (Å²) in [6.07, 6.45) is 1.60. The molecule has 5 nitrogen and oxygen atoms in total. The second kappa shape index (κ2) is 5.13. The Morgan fingerprint density at radius 1 is 1.20 bits per heavy atom. The van der Waals surface area contributed by atoms with Crippen molar-refractivity contribution in [2.24, 2.45) is 0 Å². The Bertz CT molecular complexity index is 750. The van der Waals surface area contributed by atoms with Gasteiger partial charge in [-0.2, -0.15) is 0 Å². The lowest BCUT2D eigenvalue weighted by Gasteiger charge is -2.04. The number of anilines is 1. The highest BCUT2D eigenvalue weighted by Crippen LogP contribution is 2.27. The molecule has 6 heteroatoms.